The van der Waals surface area contributed by atoms with E-state index in [0.717, 1.165) is 18.2 Å². The van der Waals surface area contributed by atoms with Crippen LogP contribution in [0.4, 0.5) is 17.1 Å². The van der Waals surface area contributed by atoms with Gasteiger partial charge in [0.25, 0.3) is 11.4 Å². The maximum atomic E-state index is 13.6. The summed E-state index contributed by atoms with van der Waals surface area (Å²) in [6.45, 7) is 5.90. The maximum absolute atomic E-state index is 13.6. The first-order valence-electron chi connectivity index (χ1n) is 11.1. The number of amides is 1. The Balaban J connectivity index is 1.62. The van der Waals surface area contributed by atoms with E-state index in [4.69, 9.17) is 16.4 Å². The molecule has 1 N–H and O–H groups in total. The zero-order chi connectivity index (χ0) is 26.5. The number of oxime groups is 1. The number of halogens is 1. The van der Waals surface area contributed by atoms with Gasteiger partial charge in [0, 0.05) is 24.0 Å². The van der Waals surface area contributed by atoms with Crippen molar-refractivity contribution in [2.24, 2.45) is 21.4 Å². The second kappa shape index (κ2) is 8.66. The molecule has 2 fully saturated rings. The molecule has 0 spiro atoms. The van der Waals surface area contributed by atoms with E-state index < -0.39 is 43.4 Å². The Bertz CT molecular complexity index is 1310. The average molecular weight is 515 g/mol. The van der Waals surface area contributed by atoms with Gasteiger partial charge >= 0.3 is 5.97 Å². The number of hydrogen-bond acceptors (Lipinski definition) is 8. The Kier molecular flexibility index (Phi) is 6.07. The number of non-ortho nitro benzene ring substituents is 2. The molecule has 2 aliphatic rings. The third-order valence-electron chi connectivity index (χ3n) is 8.09. The molecule has 36 heavy (non-hydrogen) atoms. The number of nitro groups is 2. The van der Waals surface area contributed by atoms with Crippen LogP contribution in [-0.4, -0.2) is 27.4 Å². The number of nitrogens with zero attached hydrogens (tertiary/aromatic N) is 3. The van der Waals surface area contributed by atoms with Crippen molar-refractivity contribution < 1.29 is 24.3 Å². The molecule has 2 saturated carbocycles. The predicted molar refractivity (Wildman–Crippen MR) is 131 cm³/mol. The van der Waals surface area contributed by atoms with Crippen LogP contribution in [0.2, 0.25) is 5.02 Å². The van der Waals surface area contributed by atoms with Crippen LogP contribution in [0.3, 0.4) is 0 Å². The number of para-hydroxylation sites is 1. The molecule has 188 valence electrons. The highest BCUT2D eigenvalue weighted by molar-refractivity contribution is 6.33. The van der Waals surface area contributed by atoms with Gasteiger partial charge in [-0.2, -0.15) is 0 Å². The molecule has 2 unspecified atom stereocenters. The van der Waals surface area contributed by atoms with Gasteiger partial charge in [-0.05, 0) is 30.4 Å². The van der Waals surface area contributed by atoms with Crippen molar-refractivity contribution in [3.63, 3.8) is 0 Å². The molecule has 1 amide bonds. The molecule has 0 radical (unpaired) electrons. The van der Waals surface area contributed by atoms with E-state index in [1.54, 1.807) is 24.3 Å². The predicted octanol–water partition coefficient (Wildman–Crippen LogP) is 5.52. The number of benzene rings is 2. The van der Waals surface area contributed by atoms with Crippen molar-refractivity contribution in [2.45, 2.75) is 40.0 Å². The lowest BCUT2D eigenvalue weighted by Gasteiger charge is -2.39. The molecule has 0 heterocycles. The fraction of sp³-hybridized carbons (Fsp3) is 0.375. The molecule has 0 aliphatic heterocycles. The Hall–Kier alpha value is -3.86. The summed E-state index contributed by atoms with van der Waals surface area (Å²) < 4.78 is 0. The number of carbonyl (C=O) groups is 2. The fourth-order valence-electron chi connectivity index (χ4n) is 5.40. The van der Waals surface area contributed by atoms with Crippen LogP contribution in [0.15, 0.2) is 47.6 Å². The van der Waals surface area contributed by atoms with Crippen LogP contribution in [0.25, 0.3) is 0 Å². The van der Waals surface area contributed by atoms with Crippen LogP contribution in [-0.2, 0) is 9.63 Å². The van der Waals surface area contributed by atoms with E-state index in [0.29, 0.717) is 29.3 Å². The minimum atomic E-state index is -1.08. The van der Waals surface area contributed by atoms with E-state index in [9.17, 15) is 29.8 Å². The summed E-state index contributed by atoms with van der Waals surface area (Å²) in [5, 5.41) is 29.7. The second-order valence-electron chi connectivity index (χ2n) is 9.82. The van der Waals surface area contributed by atoms with Gasteiger partial charge in [0.2, 0.25) is 5.91 Å². The van der Waals surface area contributed by atoms with Gasteiger partial charge in [0.15, 0.2) is 0 Å². The number of nitrogens with one attached hydrogen (secondary N) is 1. The monoisotopic (exact) mass is 514 g/mol. The molecule has 0 aromatic heterocycles. The number of fused-ring (bicyclic) bond motifs is 2. The summed E-state index contributed by atoms with van der Waals surface area (Å²) in [6, 6.07) is 9.45. The summed E-state index contributed by atoms with van der Waals surface area (Å²) >= 11 is 6.23. The van der Waals surface area contributed by atoms with Crippen LogP contribution >= 0.6 is 11.6 Å². The van der Waals surface area contributed by atoms with Gasteiger partial charge in [-0.15, -0.1) is 0 Å². The molecule has 2 aromatic rings. The molecule has 12 heteroatoms. The molecular formula is C24H23ClN4O7. The Morgan fingerprint density at radius 3 is 2.22 bits per heavy atom. The first-order valence-corrected chi connectivity index (χ1v) is 11.5. The number of carbonyl (C=O) groups excluding carboxylic acids is 2. The molecule has 2 aliphatic carbocycles. The average Bonchev–Trinajstić information content (AvgIpc) is 3.14. The summed E-state index contributed by atoms with van der Waals surface area (Å²) in [6.07, 6.45) is 1.45. The summed E-state index contributed by atoms with van der Waals surface area (Å²) in [7, 11) is 0. The molecule has 2 aromatic carbocycles. The Labute approximate surface area is 210 Å². The lowest BCUT2D eigenvalue weighted by atomic mass is 9.64. The Morgan fingerprint density at radius 2 is 1.64 bits per heavy atom. The molecule has 2 atom stereocenters. The summed E-state index contributed by atoms with van der Waals surface area (Å²) in [4.78, 5) is 51.9. The van der Waals surface area contributed by atoms with Crippen molar-refractivity contribution in [1.82, 2.24) is 0 Å². The first-order chi connectivity index (χ1) is 16.8. The van der Waals surface area contributed by atoms with Gasteiger partial charge in [0.05, 0.1) is 43.3 Å². The summed E-state index contributed by atoms with van der Waals surface area (Å²) in [5.41, 5.74) is -2.58. The van der Waals surface area contributed by atoms with Crippen LogP contribution in [0, 0.1) is 36.5 Å². The van der Waals surface area contributed by atoms with Gasteiger partial charge in [-0.1, -0.05) is 49.7 Å². The van der Waals surface area contributed by atoms with Crippen molar-refractivity contribution in [1.29, 1.82) is 0 Å². The minimum absolute atomic E-state index is 0.213. The molecule has 2 bridgehead atoms. The van der Waals surface area contributed by atoms with E-state index >= 15 is 0 Å². The highest BCUT2D eigenvalue weighted by Gasteiger charge is 2.71. The molecular weight excluding hydrogens is 492 g/mol. The standard InChI is InChI=1S/C24H23ClN4O7/c1-22(2)23(3)8-9-24(22,21(31)26-18-7-5-4-6-17(18)25)13-19(23)27-36-20(30)14-10-15(28(32)33)12-16(11-14)29(34)35/h4-7,10-12H,8-9,13H2,1-3H3,(H,26,31). The smallest absolute Gasteiger partial charge is 0.324 e. The lowest BCUT2D eigenvalue weighted by Crippen LogP contribution is -2.43. The van der Waals surface area contributed by atoms with E-state index in [1.165, 1.54) is 0 Å². The van der Waals surface area contributed by atoms with Crippen LogP contribution < -0.4 is 5.32 Å². The van der Waals surface area contributed by atoms with Crippen LogP contribution in [0.5, 0.6) is 0 Å². The SMILES string of the molecule is CC12CCC(C(=O)Nc3ccccc3Cl)(CC1=NOC(=O)c1cc([N+](=O)[O-])cc([N+](=O)[O-])c1)C2(C)C. The largest absolute Gasteiger partial charge is 0.366 e. The lowest BCUT2D eigenvalue weighted by molar-refractivity contribution is -0.394. The van der Waals surface area contributed by atoms with Crippen LogP contribution in [0.1, 0.15) is 50.4 Å². The number of hydrogen-bond donors (Lipinski definition) is 1. The second-order valence-corrected chi connectivity index (χ2v) is 10.2. The minimum Gasteiger partial charge on any atom is -0.324 e. The van der Waals surface area contributed by atoms with Gasteiger partial charge < -0.3 is 10.2 Å². The summed E-state index contributed by atoms with van der Waals surface area (Å²) in [5.74, 6) is -1.29. The number of rotatable bonds is 6. The van der Waals surface area contributed by atoms with Gasteiger partial charge in [0.1, 0.15) is 0 Å². The normalized spacial score (nSPS) is 24.9. The first kappa shape index (κ1) is 25.2. The van der Waals surface area contributed by atoms with E-state index in [2.05, 4.69) is 10.5 Å². The molecule has 0 saturated heterocycles. The van der Waals surface area contributed by atoms with Crippen molar-refractivity contribution >= 4 is 46.3 Å². The number of anilines is 1. The zero-order valence-corrected chi connectivity index (χ0v) is 20.5. The van der Waals surface area contributed by atoms with E-state index in [1.807, 2.05) is 20.8 Å². The van der Waals surface area contributed by atoms with Crippen molar-refractivity contribution in [3.05, 3.63) is 73.3 Å². The molecule has 11 nitrogen and oxygen atoms in total. The third-order valence-corrected chi connectivity index (χ3v) is 8.42. The number of nitro benzene ring substituents is 2. The van der Waals surface area contributed by atoms with Gasteiger partial charge in [-0.25, -0.2) is 4.79 Å². The quantitative estimate of drug-likeness (QED) is 0.302. The maximum Gasteiger partial charge on any atom is 0.366 e. The fourth-order valence-corrected chi connectivity index (χ4v) is 5.58. The highest BCUT2D eigenvalue weighted by Crippen LogP contribution is 2.71. The molecule has 4 rings (SSSR count). The topological polar surface area (TPSA) is 154 Å². The van der Waals surface area contributed by atoms with Crippen molar-refractivity contribution in [2.75, 3.05) is 5.32 Å². The highest BCUT2D eigenvalue weighted by atomic mass is 35.5. The van der Waals surface area contributed by atoms with Crippen molar-refractivity contribution in [3.8, 4) is 0 Å². The van der Waals surface area contributed by atoms with E-state index in [-0.39, 0.29) is 17.9 Å². The Morgan fingerprint density at radius 1 is 1.03 bits per heavy atom. The van der Waals surface area contributed by atoms with Gasteiger partial charge in [-0.3, -0.25) is 25.0 Å². The zero-order valence-electron chi connectivity index (χ0n) is 19.7. The third kappa shape index (κ3) is 3.79.